The fourth-order valence-corrected chi connectivity index (χ4v) is 4.29. The van der Waals surface area contributed by atoms with E-state index in [1.54, 1.807) is 0 Å². The Hall–Kier alpha value is -2.28. The fraction of sp³-hybridized carbons (Fsp3) is 0.429. The number of anilines is 1. The maximum absolute atomic E-state index is 4.03. The van der Waals surface area contributed by atoms with Gasteiger partial charge in [0.05, 0.1) is 0 Å². The predicted octanol–water partition coefficient (Wildman–Crippen LogP) is 7.97. The van der Waals surface area contributed by atoms with E-state index in [0.717, 1.165) is 6.42 Å². The molecular formula is C28H37N. The molecule has 1 heteroatoms. The number of benzene rings is 1. The molecular weight excluding hydrogens is 350 g/mol. The second-order valence-electron chi connectivity index (χ2n) is 10.9. The van der Waals surface area contributed by atoms with Gasteiger partial charge in [0, 0.05) is 28.9 Å². The Bertz CT molecular complexity index is 934. The van der Waals surface area contributed by atoms with Crippen molar-refractivity contribution in [2.45, 2.75) is 72.6 Å². The van der Waals surface area contributed by atoms with Crippen molar-refractivity contribution in [3.63, 3.8) is 0 Å². The van der Waals surface area contributed by atoms with E-state index in [0.29, 0.717) is 0 Å². The van der Waals surface area contributed by atoms with E-state index >= 15 is 0 Å². The van der Waals surface area contributed by atoms with Crippen molar-refractivity contribution in [1.82, 2.24) is 0 Å². The Morgan fingerprint density at radius 2 is 1.76 bits per heavy atom. The zero-order valence-corrected chi connectivity index (χ0v) is 19.6. The molecule has 1 aromatic carbocycles. The number of hydrogen-bond donors (Lipinski definition) is 0. The van der Waals surface area contributed by atoms with Crippen LogP contribution in [0, 0.1) is 5.41 Å². The first-order valence-corrected chi connectivity index (χ1v) is 10.7. The molecule has 0 fully saturated rings. The minimum absolute atomic E-state index is 0.0833. The van der Waals surface area contributed by atoms with Gasteiger partial charge in [-0.3, -0.25) is 0 Å². The quantitative estimate of drug-likeness (QED) is 0.497. The number of allylic oxidation sites excluding steroid dienone is 7. The number of hydrogen-bond acceptors (Lipinski definition) is 1. The lowest BCUT2D eigenvalue weighted by Crippen LogP contribution is -2.38. The van der Waals surface area contributed by atoms with Gasteiger partial charge < -0.3 is 4.90 Å². The van der Waals surface area contributed by atoms with Crippen molar-refractivity contribution >= 4 is 5.69 Å². The summed E-state index contributed by atoms with van der Waals surface area (Å²) >= 11 is 0. The second-order valence-corrected chi connectivity index (χ2v) is 10.9. The smallest absolute Gasteiger partial charge is 0.0499 e. The Labute approximate surface area is 178 Å². The summed E-state index contributed by atoms with van der Waals surface area (Å²) in [7, 11) is 0. The summed E-state index contributed by atoms with van der Waals surface area (Å²) < 4.78 is 0. The van der Waals surface area contributed by atoms with Crippen molar-refractivity contribution < 1.29 is 0 Å². The summed E-state index contributed by atoms with van der Waals surface area (Å²) in [4.78, 5) is 2.45. The van der Waals surface area contributed by atoms with E-state index in [-0.39, 0.29) is 16.2 Å². The first-order chi connectivity index (χ1) is 13.4. The van der Waals surface area contributed by atoms with Gasteiger partial charge in [0.25, 0.3) is 0 Å². The van der Waals surface area contributed by atoms with Crippen molar-refractivity contribution in [2.75, 3.05) is 4.90 Å². The lowest BCUT2D eigenvalue weighted by Gasteiger charge is -2.46. The van der Waals surface area contributed by atoms with Crippen molar-refractivity contribution in [2.24, 2.45) is 5.41 Å². The molecule has 1 aliphatic carbocycles. The molecule has 1 nitrogen and oxygen atoms in total. The van der Waals surface area contributed by atoms with Crippen LogP contribution in [0.15, 0.2) is 78.2 Å². The van der Waals surface area contributed by atoms with Crippen LogP contribution in [-0.4, -0.2) is 0 Å². The van der Waals surface area contributed by atoms with Crippen molar-refractivity contribution in [3.8, 4) is 0 Å². The highest BCUT2D eigenvalue weighted by molar-refractivity contribution is 5.76. The minimum atomic E-state index is -0.0954. The van der Waals surface area contributed by atoms with Gasteiger partial charge in [0.1, 0.15) is 0 Å². The maximum atomic E-state index is 4.03. The zero-order chi connectivity index (χ0) is 21.6. The first kappa shape index (κ1) is 21.4. The molecule has 1 aromatic rings. The summed E-state index contributed by atoms with van der Waals surface area (Å²) in [5.74, 6) is 0. The van der Waals surface area contributed by atoms with E-state index in [9.17, 15) is 0 Å². The van der Waals surface area contributed by atoms with Gasteiger partial charge in [0.15, 0.2) is 0 Å². The van der Waals surface area contributed by atoms with Crippen LogP contribution in [0.4, 0.5) is 5.69 Å². The van der Waals surface area contributed by atoms with Gasteiger partial charge in [-0.15, -0.1) is 0 Å². The highest BCUT2D eigenvalue weighted by atomic mass is 15.2. The second kappa shape index (κ2) is 7.20. The molecule has 0 atom stereocenters. The zero-order valence-electron chi connectivity index (χ0n) is 19.6. The molecule has 0 N–H and O–H groups in total. The molecule has 2 aliphatic rings. The Morgan fingerprint density at radius 3 is 2.28 bits per heavy atom. The summed E-state index contributed by atoms with van der Waals surface area (Å²) in [6.07, 6.45) is 14.1. The van der Waals surface area contributed by atoms with E-state index in [1.807, 2.05) is 6.08 Å². The third-order valence-corrected chi connectivity index (χ3v) is 5.86. The van der Waals surface area contributed by atoms with Crippen molar-refractivity contribution in [3.05, 3.63) is 89.3 Å². The average molecular weight is 388 g/mol. The van der Waals surface area contributed by atoms with Crippen LogP contribution in [0.25, 0.3) is 0 Å². The Morgan fingerprint density at radius 1 is 1.07 bits per heavy atom. The number of rotatable bonds is 2. The summed E-state index contributed by atoms with van der Waals surface area (Å²) in [5.41, 5.74) is 8.11. The summed E-state index contributed by atoms with van der Waals surface area (Å²) in [6, 6.07) is 7.06. The van der Waals surface area contributed by atoms with E-state index < -0.39 is 0 Å². The van der Waals surface area contributed by atoms with Crippen LogP contribution in [0.1, 0.15) is 72.9 Å². The molecule has 29 heavy (non-hydrogen) atoms. The lowest BCUT2D eigenvalue weighted by molar-refractivity contribution is 0.515. The summed E-state index contributed by atoms with van der Waals surface area (Å²) in [5, 5.41) is 0. The highest BCUT2D eigenvalue weighted by Crippen LogP contribution is 2.51. The summed E-state index contributed by atoms with van der Waals surface area (Å²) in [6.45, 7) is 22.5. The molecule has 0 saturated carbocycles. The largest absolute Gasteiger partial charge is 0.313 e. The van der Waals surface area contributed by atoms with Crippen LogP contribution in [-0.2, 0) is 10.8 Å². The average Bonchev–Trinajstić information content (AvgIpc) is 3.11. The number of nitrogens with zero attached hydrogens (tertiary/aromatic N) is 1. The monoisotopic (exact) mass is 387 g/mol. The third-order valence-electron chi connectivity index (χ3n) is 5.86. The molecule has 0 unspecified atom stereocenters. The van der Waals surface area contributed by atoms with Gasteiger partial charge in [-0.2, -0.15) is 0 Å². The van der Waals surface area contributed by atoms with Gasteiger partial charge in [-0.1, -0.05) is 98.4 Å². The molecule has 0 saturated heterocycles. The minimum Gasteiger partial charge on any atom is -0.313 e. The van der Waals surface area contributed by atoms with Gasteiger partial charge >= 0.3 is 0 Å². The topological polar surface area (TPSA) is 3.24 Å². The third kappa shape index (κ3) is 4.06. The molecule has 1 heterocycles. The Kier molecular flexibility index (Phi) is 5.32. The van der Waals surface area contributed by atoms with Gasteiger partial charge in [-0.25, -0.2) is 0 Å². The Balaban J connectivity index is 2.37. The van der Waals surface area contributed by atoms with E-state index in [4.69, 9.17) is 0 Å². The van der Waals surface area contributed by atoms with Crippen molar-refractivity contribution in [1.29, 1.82) is 0 Å². The number of fused-ring (bicyclic) bond motifs is 1. The molecule has 154 valence electrons. The molecule has 0 aromatic heterocycles. The predicted molar refractivity (Wildman–Crippen MR) is 128 cm³/mol. The molecule has 0 radical (unpaired) electrons. The normalized spacial score (nSPS) is 21.5. The maximum Gasteiger partial charge on any atom is 0.0499 e. The molecule has 0 bridgehead atoms. The van der Waals surface area contributed by atoms with Gasteiger partial charge in [0.2, 0.25) is 0 Å². The molecule has 0 spiro atoms. The van der Waals surface area contributed by atoms with Gasteiger partial charge in [-0.05, 0) is 45.7 Å². The highest BCUT2D eigenvalue weighted by Gasteiger charge is 2.41. The van der Waals surface area contributed by atoms with E-state index in [2.05, 4.69) is 115 Å². The first-order valence-electron chi connectivity index (χ1n) is 10.7. The molecule has 1 aliphatic heterocycles. The fourth-order valence-electron chi connectivity index (χ4n) is 4.29. The lowest BCUT2D eigenvalue weighted by atomic mass is 9.68. The molecule has 3 rings (SSSR count). The van der Waals surface area contributed by atoms with Crippen LogP contribution in [0.3, 0.4) is 0 Å². The van der Waals surface area contributed by atoms with Crippen LogP contribution in [0.2, 0.25) is 0 Å². The van der Waals surface area contributed by atoms with Crippen LogP contribution < -0.4 is 4.90 Å². The SMILES string of the molecule is C=C/C=C1\C(=CC(C)(C)C)C(C)(C)c2cc(C(C)(C)C)ccc2N1C1=CC=CC1. The van der Waals surface area contributed by atoms with Crippen LogP contribution in [0.5, 0.6) is 0 Å². The van der Waals surface area contributed by atoms with Crippen LogP contribution >= 0.6 is 0 Å². The molecule has 0 amide bonds. The van der Waals surface area contributed by atoms with E-state index in [1.165, 1.54) is 33.8 Å². The standard InChI is InChI=1S/C28H37N/c1-10-13-24-23(19-26(2,3)4)28(8,9)22-18-20(27(5,6)7)16-17-25(22)29(24)21-14-11-12-15-21/h10-14,16-19H,1,15H2,2-9H3/b23-19?,24-13+.